The molecule has 1 saturated heterocycles. The summed E-state index contributed by atoms with van der Waals surface area (Å²) in [6, 6.07) is 13.6. The highest BCUT2D eigenvalue weighted by atomic mass is 19.4. The molecule has 3 unspecified atom stereocenters. The number of aromatic amines is 1. The van der Waals surface area contributed by atoms with Crippen LogP contribution in [0.15, 0.2) is 79.0 Å². The fraction of sp³-hybridized carbons (Fsp3) is 0.258. The fourth-order valence-electron chi connectivity index (χ4n) is 5.73. The van der Waals surface area contributed by atoms with Gasteiger partial charge in [-0.2, -0.15) is 31.6 Å². The summed E-state index contributed by atoms with van der Waals surface area (Å²) < 4.78 is 83.4. The van der Waals surface area contributed by atoms with E-state index in [1.54, 1.807) is 12.3 Å². The van der Waals surface area contributed by atoms with Gasteiger partial charge in [0.25, 0.3) is 0 Å². The van der Waals surface area contributed by atoms with Gasteiger partial charge in [0.15, 0.2) is 11.6 Å². The third-order valence-corrected chi connectivity index (χ3v) is 7.65. The summed E-state index contributed by atoms with van der Waals surface area (Å²) in [7, 11) is 0. The number of halogens is 6. The van der Waals surface area contributed by atoms with E-state index < -0.39 is 70.8 Å². The van der Waals surface area contributed by atoms with Crippen molar-refractivity contribution >= 4 is 22.5 Å². The van der Waals surface area contributed by atoms with Crippen molar-refractivity contribution in [1.82, 2.24) is 15.2 Å². The minimum Gasteiger partial charge on any atom is -0.361 e. The number of rotatable bonds is 7. The molecule has 0 amide bonds. The van der Waals surface area contributed by atoms with Crippen LogP contribution in [0.2, 0.25) is 0 Å². The van der Waals surface area contributed by atoms with Crippen LogP contribution in [0.5, 0.6) is 0 Å². The molecule has 0 radical (unpaired) electrons. The van der Waals surface area contributed by atoms with Crippen molar-refractivity contribution in [3.05, 3.63) is 107 Å². The van der Waals surface area contributed by atoms with E-state index in [0.29, 0.717) is 0 Å². The van der Waals surface area contributed by atoms with Crippen molar-refractivity contribution in [3.63, 3.8) is 0 Å². The fourth-order valence-corrected chi connectivity index (χ4v) is 5.73. The van der Waals surface area contributed by atoms with Crippen molar-refractivity contribution < 1.29 is 35.9 Å². The summed E-state index contributed by atoms with van der Waals surface area (Å²) in [5, 5.41) is 13.6. The molecular weight excluding hydrogens is 574 g/mol. The molecule has 43 heavy (non-hydrogen) atoms. The topological polar surface area (TPSA) is 89.0 Å². The standard InChI is InChI=1S/C31H24F6N4O2/c32-30(33,34)22-10-4-1-8-20(22)28(42)26-17-40-25(15-18-16-39-24-12-6-3-7-19(18)24)27(41(26)14-13-38)29(43)21-9-2-5-11-23(21)31(35,36)37/h1-12,16,25-27,39-40H,14-15,17H2. The first-order valence-corrected chi connectivity index (χ1v) is 13.2. The smallest absolute Gasteiger partial charge is 0.361 e. The molecule has 1 fully saturated rings. The molecule has 222 valence electrons. The average Bonchev–Trinajstić information content (AvgIpc) is 3.38. The van der Waals surface area contributed by atoms with Crippen molar-refractivity contribution in [2.75, 3.05) is 13.1 Å². The van der Waals surface area contributed by atoms with Gasteiger partial charge in [0.05, 0.1) is 35.8 Å². The van der Waals surface area contributed by atoms with E-state index in [4.69, 9.17) is 0 Å². The maximum Gasteiger partial charge on any atom is 0.417 e. The number of ketones is 2. The van der Waals surface area contributed by atoms with Crippen LogP contribution >= 0.6 is 0 Å². The minimum absolute atomic E-state index is 0.108. The predicted molar refractivity (Wildman–Crippen MR) is 145 cm³/mol. The summed E-state index contributed by atoms with van der Waals surface area (Å²) in [4.78, 5) is 32.0. The van der Waals surface area contributed by atoms with Crippen LogP contribution in [0.25, 0.3) is 10.9 Å². The molecule has 6 nitrogen and oxygen atoms in total. The van der Waals surface area contributed by atoms with E-state index in [1.165, 1.54) is 12.1 Å². The van der Waals surface area contributed by atoms with Crippen molar-refractivity contribution in [1.29, 1.82) is 5.26 Å². The van der Waals surface area contributed by atoms with Crippen LogP contribution in [0.1, 0.15) is 37.4 Å². The number of Topliss-reactive ketones (excluding diaryl/α,β-unsaturated/α-hetero) is 2. The number of hydrogen-bond acceptors (Lipinski definition) is 5. The number of hydrogen-bond donors (Lipinski definition) is 2. The SMILES string of the molecule is N#CCN1C(C(=O)c2ccccc2C(F)(F)F)CNC(Cc2c[nH]c3ccccc23)C1C(=O)c1ccccc1C(F)(F)F. The second-order valence-corrected chi connectivity index (χ2v) is 10.2. The Morgan fingerprint density at radius 3 is 2.00 bits per heavy atom. The van der Waals surface area contributed by atoms with E-state index in [-0.39, 0.29) is 13.0 Å². The van der Waals surface area contributed by atoms with Crippen LogP contribution in [-0.4, -0.2) is 52.7 Å². The van der Waals surface area contributed by atoms with E-state index in [1.807, 2.05) is 24.3 Å². The molecule has 2 N–H and O–H groups in total. The highest BCUT2D eigenvalue weighted by molar-refractivity contribution is 6.05. The lowest BCUT2D eigenvalue weighted by Gasteiger charge is -2.45. The normalized spacial score (nSPS) is 19.7. The van der Waals surface area contributed by atoms with Gasteiger partial charge in [-0.15, -0.1) is 0 Å². The van der Waals surface area contributed by atoms with Gasteiger partial charge >= 0.3 is 12.4 Å². The second kappa shape index (κ2) is 11.7. The molecule has 5 rings (SSSR count). The Bertz CT molecular complexity index is 1700. The Balaban J connectivity index is 1.61. The van der Waals surface area contributed by atoms with E-state index in [0.717, 1.165) is 57.8 Å². The van der Waals surface area contributed by atoms with Crippen LogP contribution in [0.4, 0.5) is 26.3 Å². The lowest BCUT2D eigenvalue weighted by Crippen LogP contribution is -2.67. The molecule has 0 saturated carbocycles. The van der Waals surface area contributed by atoms with Gasteiger partial charge < -0.3 is 10.3 Å². The number of carbonyl (C=O) groups excluding carboxylic acids is 2. The molecule has 4 aromatic rings. The summed E-state index contributed by atoms with van der Waals surface area (Å²) in [5.74, 6) is -2.02. The van der Waals surface area contributed by atoms with Crippen LogP contribution < -0.4 is 5.32 Å². The largest absolute Gasteiger partial charge is 0.417 e. The molecule has 3 atom stereocenters. The number of benzene rings is 3. The number of nitriles is 1. The van der Waals surface area contributed by atoms with Gasteiger partial charge in [-0.3, -0.25) is 14.5 Å². The number of carbonyl (C=O) groups is 2. The molecule has 1 aliphatic heterocycles. The third-order valence-electron chi connectivity index (χ3n) is 7.65. The first-order valence-electron chi connectivity index (χ1n) is 13.2. The van der Waals surface area contributed by atoms with E-state index >= 15 is 0 Å². The highest BCUT2D eigenvalue weighted by Crippen LogP contribution is 2.36. The molecule has 1 aliphatic rings. The zero-order valence-electron chi connectivity index (χ0n) is 22.3. The highest BCUT2D eigenvalue weighted by Gasteiger charge is 2.47. The van der Waals surface area contributed by atoms with Crippen LogP contribution in [0.3, 0.4) is 0 Å². The summed E-state index contributed by atoms with van der Waals surface area (Å²) in [5.41, 5.74) is -2.22. The van der Waals surface area contributed by atoms with Gasteiger partial charge in [0.1, 0.15) is 0 Å². The van der Waals surface area contributed by atoms with E-state index in [2.05, 4.69) is 10.3 Å². The molecule has 0 aliphatic carbocycles. The maximum atomic E-state index is 14.1. The molecular formula is C31H24F6N4O2. The number of H-pyrrole nitrogens is 1. The number of piperazine rings is 1. The Labute approximate surface area is 241 Å². The zero-order chi connectivity index (χ0) is 30.9. The monoisotopic (exact) mass is 598 g/mol. The third kappa shape index (κ3) is 5.91. The number of fused-ring (bicyclic) bond motifs is 1. The number of para-hydroxylation sites is 1. The molecule has 0 bridgehead atoms. The molecule has 2 heterocycles. The Hall–Kier alpha value is -4.47. The van der Waals surface area contributed by atoms with E-state index in [9.17, 15) is 41.2 Å². The van der Waals surface area contributed by atoms with Gasteiger partial charge in [-0.05, 0) is 30.2 Å². The molecule has 3 aromatic carbocycles. The van der Waals surface area contributed by atoms with Crippen molar-refractivity contribution in [3.8, 4) is 6.07 Å². The first kappa shape index (κ1) is 30.0. The first-order chi connectivity index (χ1) is 20.4. The second-order valence-electron chi connectivity index (χ2n) is 10.2. The average molecular weight is 599 g/mol. The van der Waals surface area contributed by atoms with Crippen LogP contribution in [-0.2, 0) is 18.8 Å². The maximum absolute atomic E-state index is 14.1. The summed E-state index contributed by atoms with van der Waals surface area (Å²) >= 11 is 0. The van der Waals surface area contributed by atoms with Gasteiger partial charge in [0, 0.05) is 40.8 Å². The van der Waals surface area contributed by atoms with Gasteiger partial charge in [-0.25, -0.2) is 0 Å². The summed E-state index contributed by atoms with van der Waals surface area (Å²) in [6.07, 6.45) is -7.95. The number of nitrogens with zero attached hydrogens (tertiary/aromatic N) is 2. The number of alkyl halides is 6. The van der Waals surface area contributed by atoms with Crippen LogP contribution in [0, 0.1) is 11.3 Å². The Morgan fingerprint density at radius 2 is 1.40 bits per heavy atom. The minimum atomic E-state index is -4.89. The Kier molecular flexibility index (Phi) is 8.14. The quantitative estimate of drug-likeness (QED) is 0.154. The zero-order valence-corrected chi connectivity index (χ0v) is 22.3. The number of nitrogens with one attached hydrogen (secondary N) is 2. The molecule has 1 aromatic heterocycles. The van der Waals surface area contributed by atoms with Crippen molar-refractivity contribution in [2.24, 2.45) is 0 Å². The predicted octanol–water partition coefficient (Wildman–Crippen LogP) is 6.05. The Morgan fingerprint density at radius 1 is 0.837 bits per heavy atom. The molecule has 0 spiro atoms. The summed E-state index contributed by atoms with van der Waals surface area (Å²) in [6.45, 7) is -0.842. The van der Waals surface area contributed by atoms with Crippen molar-refractivity contribution in [2.45, 2.75) is 36.9 Å². The van der Waals surface area contributed by atoms with Gasteiger partial charge in [-0.1, -0.05) is 54.6 Å². The molecule has 12 heteroatoms. The number of aromatic nitrogens is 1. The lowest BCUT2D eigenvalue weighted by atomic mass is 9.85. The lowest BCUT2D eigenvalue weighted by molar-refractivity contribution is -0.138. The van der Waals surface area contributed by atoms with Gasteiger partial charge in [0.2, 0.25) is 0 Å².